The topological polar surface area (TPSA) is 167 Å². The predicted octanol–water partition coefficient (Wildman–Crippen LogP) is -2.05. The van der Waals surface area contributed by atoms with E-state index in [1.165, 1.54) is 45.2 Å². The van der Waals surface area contributed by atoms with E-state index in [4.69, 9.17) is 17.5 Å². The number of hydrogen-bond acceptors (Lipinski definition) is 9. The SMILES string of the molecule is COS(=O)(=O)[O-].C[N+]1(C)CCN(CC(O)(c2ccccc2)C2CCCCC2)CC1.O=S(=O)([O-])O.[Na+]. The number of likely N-dealkylation sites (N-methyl/N-ethyl adjacent to an activating group) is 1. The van der Waals surface area contributed by atoms with Crippen LogP contribution in [0.15, 0.2) is 30.3 Å². The number of quaternary nitrogens is 1. The zero-order valence-electron chi connectivity index (χ0n) is 21.0. The smallest absolute Gasteiger partial charge is 0.726 e. The van der Waals surface area contributed by atoms with Crippen molar-refractivity contribution < 1.29 is 73.8 Å². The van der Waals surface area contributed by atoms with Gasteiger partial charge in [-0.1, -0.05) is 49.6 Å². The van der Waals surface area contributed by atoms with Crippen LogP contribution in [0.2, 0.25) is 0 Å². The van der Waals surface area contributed by atoms with E-state index in [2.05, 4.69) is 47.4 Å². The maximum atomic E-state index is 11.7. The minimum absolute atomic E-state index is 0. The maximum Gasteiger partial charge on any atom is 1.00 e. The number of hydrogen-bond donors (Lipinski definition) is 2. The van der Waals surface area contributed by atoms with Gasteiger partial charge in [0.05, 0.1) is 34.3 Å². The second-order valence-corrected chi connectivity index (χ2v) is 11.3. The van der Waals surface area contributed by atoms with Gasteiger partial charge in [-0.05, 0) is 24.3 Å². The molecule has 1 unspecified atom stereocenters. The van der Waals surface area contributed by atoms with E-state index in [-0.39, 0.29) is 29.6 Å². The number of nitrogens with zero attached hydrogens (tertiary/aromatic N) is 2. The Balaban J connectivity index is 0.000000812. The van der Waals surface area contributed by atoms with Crippen LogP contribution in [0.3, 0.4) is 0 Å². The van der Waals surface area contributed by atoms with Gasteiger partial charge in [0.15, 0.2) is 0 Å². The summed E-state index contributed by atoms with van der Waals surface area (Å²) in [4.78, 5) is 2.49. The first kappa shape index (κ1) is 34.8. The summed E-state index contributed by atoms with van der Waals surface area (Å²) < 4.78 is 65.0. The molecule has 3 rings (SSSR count). The molecule has 0 bridgehead atoms. The molecule has 0 spiro atoms. The number of β-amino-alcohol motifs (C(OH)–C–C–N with tert-alkyl or cyclic N) is 1. The van der Waals surface area contributed by atoms with Crippen molar-refractivity contribution in [1.29, 1.82) is 0 Å². The molecule has 1 saturated heterocycles. The Kier molecular flexibility index (Phi) is 15.2. The molecule has 1 atom stereocenters. The van der Waals surface area contributed by atoms with Crippen molar-refractivity contribution >= 4 is 20.8 Å². The second-order valence-electron chi connectivity index (χ2n) is 9.29. The standard InChI is InChI=1S/C20H33N2O.CH4O4S.Na.H2O4S/c1-22(2)15-13-21(14-16-22)17-20(23,18-9-5-3-6-10-18)19-11-7-4-8-12-19;1-5-6(2,3)4;;1-5(2,3)4/h3,5-6,9-10,19,23H,4,7-8,11-17H2,1-2H3;1H3,(H,2,3,4);;(H2,1,2,3,4)/q+1;;+1;/p-2. The normalized spacial score (nSPS) is 20.7. The van der Waals surface area contributed by atoms with Crippen molar-refractivity contribution in [3.63, 3.8) is 0 Å². The summed E-state index contributed by atoms with van der Waals surface area (Å²) in [7, 11) is -3.91. The fraction of sp³-hybridized carbons (Fsp3) is 0.714. The molecule has 2 N–H and O–H groups in total. The molecule has 35 heavy (non-hydrogen) atoms. The first-order valence-corrected chi connectivity index (χ1v) is 13.8. The number of aliphatic hydroxyl groups is 1. The summed E-state index contributed by atoms with van der Waals surface area (Å²) in [5.41, 5.74) is 0.433. The van der Waals surface area contributed by atoms with Crippen LogP contribution in [0.4, 0.5) is 0 Å². The van der Waals surface area contributed by atoms with E-state index in [1.54, 1.807) is 0 Å². The second kappa shape index (κ2) is 15.3. The fourth-order valence-corrected chi connectivity index (χ4v) is 4.31. The fourth-order valence-electron chi connectivity index (χ4n) is 4.31. The Hall–Kier alpha value is -0.160. The van der Waals surface area contributed by atoms with Gasteiger partial charge in [0.1, 0.15) is 5.60 Å². The van der Waals surface area contributed by atoms with E-state index >= 15 is 0 Å². The zero-order valence-corrected chi connectivity index (χ0v) is 24.6. The summed E-state index contributed by atoms with van der Waals surface area (Å²) in [6, 6.07) is 10.4. The summed E-state index contributed by atoms with van der Waals surface area (Å²) in [6.07, 6.45) is 6.20. The minimum Gasteiger partial charge on any atom is -0.726 e. The Morgan fingerprint density at radius 2 is 1.46 bits per heavy atom. The largest absolute Gasteiger partial charge is 1.00 e. The molecule has 0 amide bonds. The minimum atomic E-state index is -4.92. The quantitative estimate of drug-likeness (QED) is 0.181. The van der Waals surface area contributed by atoms with Gasteiger partial charge in [-0.2, -0.15) is 0 Å². The van der Waals surface area contributed by atoms with Crippen LogP contribution >= 0.6 is 0 Å². The number of piperazine rings is 1. The van der Waals surface area contributed by atoms with Crippen LogP contribution in [0.5, 0.6) is 0 Å². The van der Waals surface area contributed by atoms with Crippen LogP contribution in [-0.4, -0.2) is 98.9 Å². The van der Waals surface area contributed by atoms with Crippen molar-refractivity contribution in [3.8, 4) is 0 Å². The van der Waals surface area contributed by atoms with Crippen LogP contribution in [0, 0.1) is 5.92 Å². The third-order valence-corrected chi connectivity index (χ3v) is 6.67. The summed E-state index contributed by atoms with van der Waals surface area (Å²) >= 11 is 0. The van der Waals surface area contributed by atoms with Gasteiger partial charge in [0.25, 0.3) is 0 Å². The molecule has 0 radical (unpaired) electrons. The van der Waals surface area contributed by atoms with Crippen molar-refractivity contribution in [2.45, 2.75) is 37.7 Å². The molecule has 1 heterocycles. The summed E-state index contributed by atoms with van der Waals surface area (Å²) in [5.74, 6) is 0.406. The summed E-state index contributed by atoms with van der Waals surface area (Å²) in [5, 5.41) is 11.7. The average Bonchev–Trinajstić information content (AvgIpc) is 2.75. The van der Waals surface area contributed by atoms with Gasteiger partial charge >= 0.3 is 29.6 Å². The van der Waals surface area contributed by atoms with Crippen LogP contribution in [-0.2, 0) is 30.6 Å². The Morgan fingerprint density at radius 1 is 1.03 bits per heavy atom. The first-order chi connectivity index (χ1) is 15.6. The van der Waals surface area contributed by atoms with E-state index < -0.39 is 26.4 Å². The van der Waals surface area contributed by atoms with E-state index in [0.29, 0.717) is 5.92 Å². The van der Waals surface area contributed by atoms with E-state index in [1.807, 2.05) is 6.07 Å². The maximum absolute atomic E-state index is 11.7. The Morgan fingerprint density at radius 3 is 1.86 bits per heavy atom. The van der Waals surface area contributed by atoms with Crippen molar-refractivity contribution in [3.05, 3.63) is 35.9 Å². The Labute approximate surface area is 231 Å². The molecule has 1 aromatic rings. The van der Waals surface area contributed by atoms with Gasteiger partial charge in [-0.25, -0.2) is 16.8 Å². The van der Waals surface area contributed by atoms with Crippen molar-refractivity contribution in [2.24, 2.45) is 5.92 Å². The number of benzene rings is 1. The first-order valence-electron chi connectivity index (χ1n) is 11.1. The predicted molar refractivity (Wildman–Crippen MR) is 124 cm³/mol. The average molecular weight is 549 g/mol. The molecular weight excluding hydrogens is 511 g/mol. The molecular formula is C21H37N2NaO9S2. The molecule has 2 aliphatic rings. The molecule has 14 heteroatoms. The van der Waals surface area contributed by atoms with Crippen molar-refractivity contribution in [1.82, 2.24) is 4.90 Å². The zero-order chi connectivity index (χ0) is 26.0. The van der Waals surface area contributed by atoms with E-state index in [9.17, 15) is 18.1 Å². The molecule has 11 nitrogen and oxygen atoms in total. The van der Waals surface area contributed by atoms with Gasteiger partial charge < -0.3 is 18.7 Å². The monoisotopic (exact) mass is 548 g/mol. The van der Waals surface area contributed by atoms with Crippen LogP contribution in [0.25, 0.3) is 0 Å². The van der Waals surface area contributed by atoms with E-state index in [0.717, 1.165) is 36.8 Å². The molecule has 1 aromatic carbocycles. The van der Waals surface area contributed by atoms with Crippen LogP contribution < -0.4 is 29.6 Å². The van der Waals surface area contributed by atoms with Crippen molar-refractivity contribution in [2.75, 3.05) is 53.9 Å². The van der Waals surface area contributed by atoms with Gasteiger partial charge in [-0.3, -0.25) is 13.6 Å². The van der Waals surface area contributed by atoms with Gasteiger partial charge in [-0.15, -0.1) is 0 Å². The van der Waals surface area contributed by atoms with Gasteiger partial charge in [0.2, 0.25) is 20.8 Å². The molecule has 198 valence electrons. The van der Waals surface area contributed by atoms with Gasteiger partial charge in [0, 0.05) is 19.6 Å². The molecule has 2 fully saturated rings. The third kappa shape index (κ3) is 15.0. The molecule has 1 saturated carbocycles. The third-order valence-electron chi connectivity index (χ3n) is 6.27. The molecule has 1 aliphatic heterocycles. The molecule has 0 aromatic heterocycles. The van der Waals surface area contributed by atoms with Crippen LogP contribution in [0.1, 0.15) is 37.7 Å². The molecule has 1 aliphatic carbocycles. The number of rotatable bonds is 5. The summed E-state index contributed by atoms with van der Waals surface area (Å²) in [6.45, 7) is 5.33. The Bertz CT molecular complexity index is 923.